The number of hydrogen-bond donors (Lipinski definition) is 1. The number of ketones is 1. The maximum Gasteiger partial charge on any atom is 0.164 e. The van der Waals surface area contributed by atoms with Gasteiger partial charge >= 0.3 is 0 Å². The van der Waals surface area contributed by atoms with Gasteiger partial charge in [0.05, 0.1) is 0 Å². The van der Waals surface area contributed by atoms with Gasteiger partial charge in [-0.2, -0.15) is 0 Å². The molecule has 3 heteroatoms. The fourth-order valence-corrected chi connectivity index (χ4v) is 1.73. The Labute approximate surface area is 81.9 Å². The van der Waals surface area contributed by atoms with Crippen LogP contribution in [0.25, 0.3) is 0 Å². The monoisotopic (exact) mass is 195 g/mol. The molecule has 1 aliphatic heterocycles. The number of nitrogens with one attached hydrogen (secondary N) is 1. The Kier molecular flexibility index (Phi) is 2.34. The van der Waals surface area contributed by atoms with Crippen LogP contribution in [-0.4, -0.2) is 12.3 Å². The SMILES string of the molecule is O=C1CCNCc2cc(Cl)ccc21. The van der Waals surface area contributed by atoms with Gasteiger partial charge in [0.15, 0.2) is 5.78 Å². The summed E-state index contributed by atoms with van der Waals surface area (Å²) in [6.07, 6.45) is 0.578. The third kappa shape index (κ3) is 1.74. The third-order valence-corrected chi connectivity index (χ3v) is 2.45. The van der Waals surface area contributed by atoms with E-state index in [1.54, 1.807) is 6.07 Å². The van der Waals surface area contributed by atoms with E-state index in [1.807, 2.05) is 12.1 Å². The van der Waals surface area contributed by atoms with Gasteiger partial charge in [-0.3, -0.25) is 4.79 Å². The van der Waals surface area contributed by atoms with Crippen molar-refractivity contribution in [3.05, 3.63) is 34.3 Å². The van der Waals surface area contributed by atoms with Crippen molar-refractivity contribution in [1.82, 2.24) is 5.32 Å². The van der Waals surface area contributed by atoms with E-state index < -0.39 is 0 Å². The Morgan fingerprint density at radius 2 is 2.23 bits per heavy atom. The maximum atomic E-state index is 11.5. The molecule has 0 aliphatic carbocycles. The Balaban J connectivity index is 2.48. The number of halogens is 1. The average molecular weight is 196 g/mol. The predicted octanol–water partition coefficient (Wildman–Crippen LogP) is 2.02. The molecule has 0 aromatic heterocycles. The van der Waals surface area contributed by atoms with Gasteiger partial charge in [0, 0.05) is 30.1 Å². The van der Waals surface area contributed by atoms with Crippen LogP contribution < -0.4 is 5.32 Å². The molecule has 0 bridgehead atoms. The summed E-state index contributed by atoms with van der Waals surface area (Å²) in [5.41, 5.74) is 1.82. The lowest BCUT2D eigenvalue weighted by Crippen LogP contribution is -2.12. The highest BCUT2D eigenvalue weighted by Crippen LogP contribution is 2.19. The first-order valence-electron chi connectivity index (χ1n) is 4.30. The van der Waals surface area contributed by atoms with Gasteiger partial charge in [0.2, 0.25) is 0 Å². The van der Waals surface area contributed by atoms with Crippen molar-refractivity contribution < 1.29 is 4.79 Å². The van der Waals surface area contributed by atoms with Crippen LogP contribution in [0.15, 0.2) is 18.2 Å². The minimum Gasteiger partial charge on any atom is -0.312 e. The number of carbonyl (C=O) groups is 1. The summed E-state index contributed by atoms with van der Waals surface area (Å²) in [5, 5.41) is 3.87. The van der Waals surface area contributed by atoms with Crippen molar-refractivity contribution in [2.45, 2.75) is 13.0 Å². The lowest BCUT2D eigenvalue weighted by atomic mass is 10.0. The second-order valence-corrected chi connectivity index (χ2v) is 3.59. The number of benzene rings is 1. The second kappa shape index (κ2) is 3.48. The minimum absolute atomic E-state index is 0.205. The van der Waals surface area contributed by atoms with Crippen molar-refractivity contribution in [1.29, 1.82) is 0 Å². The number of carbonyl (C=O) groups excluding carboxylic acids is 1. The van der Waals surface area contributed by atoms with Crippen LogP contribution in [0, 0.1) is 0 Å². The van der Waals surface area contributed by atoms with E-state index >= 15 is 0 Å². The molecule has 0 fully saturated rings. The van der Waals surface area contributed by atoms with Crippen molar-refractivity contribution in [2.75, 3.05) is 6.54 Å². The van der Waals surface area contributed by atoms with Crippen LogP contribution in [0.4, 0.5) is 0 Å². The molecule has 2 nitrogen and oxygen atoms in total. The van der Waals surface area contributed by atoms with Crippen LogP contribution in [0.3, 0.4) is 0 Å². The smallest absolute Gasteiger partial charge is 0.164 e. The van der Waals surface area contributed by atoms with Crippen LogP contribution in [0.5, 0.6) is 0 Å². The summed E-state index contributed by atoms with van der Waals surface area (Å²) in [6.45, 7) is 1.49. The molecule has 1 aliphatic rings. The number of Topliss-reactive ketones (excluding diaryl/α,β-unsaturated/α-hetero) is 1. The van der Waals surface area contributed by atoms with Crippen molar-refractivity contribution in [3.8, 4) is 0 Å². The first kappa shape index (κ1) is 8.73. The highest BCUT2D eigenvalue weighted by molar-refractivity contribution is 6.30. The molecule has 0 saturated heterocycles. The van der Waals surface area contributed by atoms with Crippen LogP contribution in [0.2, 0.25) is 5.02 Å². The largest absolute Gasteiger partial charge is 0.312 e. The molecule has 0 atom stereocenters. The maximum absolute atomic E-state index is 11.5. The Morgan fingerprint density at radius 3 is 3.08 bits per heavy atom. The molecule has 1 aromatic carbocycles. The number of hydrogen-bond acceptors (Lipinski definition) is 2. The normalized spacial score (nSPS) is 16.5. The van der Waals surface area contributed by atoms with Gasteiger partial charge in [0.1, 0.15) is 0 Å². The standard InChI is InChI=1S/C10H10ClNO/c11-8-1-2-9-7(5-8)6-12-4-3-10(9)13/h1-2,5,12H,3-4,6H2. The van der Waals surface area contributed by atoms with Crippen LogP contribution in [0.1, 0.15) is 22.3 Å². The Hall–Kier alpha value is -0.860. The zero-order chi connectivity index (χ0) is 9.26. The molecule has 0 unspecified atom stereocenters. The fraction of sp³-hybridized carbons (Fsp3) is 0.300. The minimum atomic E-state index is 0.205. The van der Waals surface area contributed by atoms with Crippen LogP contribution >= 0.6 is 11.6 Å². The van der Waals surface area contributed by atoms with Gasteiger partial charge in [-0.05, 0) is 23.8 Å². The molecule has 68 valence electrons. The molecule has 0 spiro atoms. The molecule has 2 rings (SSSR count). The number of fused-ring (bicyclic) bond motifs is 1. The quantitative estimate of drug-likeness (QED) is 0.686. The van der Waals surface area contributed by atoms with Crippen molar-refractivity contribution in [2.24, 2.45) is 0 Å². The Morgan fingerprint density at radius 1 is 1.38 bits per heavy atom. The highest BCUT2D eigenvalue weighted by atomic mass is 35.5. The zero-order valence-corrected chi connectivity index (χ0v) is 7.90. The second-order valence-electron chi connectivity index (χ2n) is 3.15. The van der Waals surface area contributed by atoms with E-state index in [2.05, 4.69) is 5.32 Å². The third-order valence-electron chi connectivity index (χ3n) is 2.21. The van der Waals surface area contributed by atoms with Crippen molar-refractivity contribution in [3.63, 3.8) is 0 Å². The fourth-order valence-electron chi connectivity index (χ4n) is 1.54. The van der Waals surface area contributed by atoms with Gasteiger partial charge in [-0.15, -0.1) is 0 Å². The lowest BCUT2D eigenvalue weighted by molar-refractivity contribution is 0.0985. The van der Waals surface area contributed by atoms with E-state index in [0.717, 1.165) is 24.2 Å². The van der Waals surface area contributed by atoms with Gasteiger partial charge in [-0.1, -0.05) is 11.6 Å². The van der Waals surface area contributed by atoms with E-state index in [9.17, 15) is 4.79 Å². The van der Waals surface area contributed by atoms with Crippen LogP contribution in [-0.2, 0) is 6.54 Å². The summed E-state index contributed by atoms with van der Waals surface area (Å²) in [6, 6.07) is 5.43. The van der Waals surface area contributed by atoms with E-state index in [1.165, 1.54) is 0 Å². The van der Waals surface area contributed by atoms with Gasteiger partial charge in [0.25, 0.3) is 0 Å². The zero-order valence-electron chi connectivity index (χ0n) is 7.14. The molecular weight excluding hydrogens is 186 g/mol. The predicted molar refractivity (Wildman–Crippen MR) is 52.1 cm³/mol. The summed E-state index contributed by atoms with van der Waals surface area (Å²) in [7, 11) is 0. The first-order chi connectivity index (χ1) is 6.27. The van der Waals surface area contributed by atoms with Gasteiger partial charge < -0.3 is 5.32 Å². The van der Waals surface area contributed by atoms with E-state index in [0.29, 0.717) is 11.4 Å². The molecule has 13 heavy (non-hydrogen) atoms. The molecule has 0 radical (unpaired) electrons. The molecule has 1 heterocycles. The summed E-state index contributed by atoms with van der Waals surface area (Å²) in [5.74, 6) is 0.205. The van der Waals surface area contributed by atoms with Gasteiger partial charge in [-0.25, -0.2) is 0 Å². The molecular formula is C10H10ClNO. The average Bonchev–Trinajstić information content (AvgIpc) is 2.28. The first-order valence-corrected chi connectivity index (χ1v) is 4.67. The highest BCUT2D eigenvalue weighted by Gasteiger charge is 2.14. The Bertz CT molecular complexity index is 349. The van der Waals surface area contributed by atoms with E-state index in [4.69, 9.17) is 11.6 Å². The number of rotatable bonds is 0. The molecule has 0 amide bonds. The lowest BCUT2D eigenvalue weighted by Gasteiger charge is -2.03. The molecule has 1 aromatic rings. The summed E-state index contributed by atoms with van der Waals surface area (Å²) >= 11 is 5.84. The molecule has 1 N–H and O–H groups in total. The molecule has 0 saturated carbocycles. The van der Waals surface area contributed by atoms with Crippen molar-refractivity contribution >= 4 is 17.4 Å². The topological polar surface area (TPSA) is 29.1 Å². The van der Waals surface area contributed by atoms with E-state index in [-0.39, 0.29) is 5.78 Å². The summed E-state index contributed by atoms with van der Waals surface area (Å²) in [4.78, 5) is 11.5. The summed E-state index contributed by atoms with van der Waals surface area (Å²) < 4.78 is 0.